The summed E-state index contributed by atoms with van der Waals surface area (Å²) < 4.78 is 5.46. The fourth-order valence-corrected chi connectivity index (χ4v) is 3.93. The molecule has 0 aliphatic carbocycles. The summed E-state index contributed by atoms with van der Waals surface area (Å²) in [6, 6.07) is 3.84. The fraction of sp³-hybridized carbons (Fsp3) is 0.609. The highest BCUT2D eigenvalue weighted by molar-refractivity contribution is 5.95. The number of piperidine rings is 1. The predicted molar refractivity (Wildman–Crippen MR) is 118 cm³/mol. The summed E-state index contributed by atoms with van der Waals surface area (Å²) in [6.45, 7) is 10.8. The molecular weight excluding hydrogens is 378 g/mol. The third kappa shape index (κ3) is 6.12. The van der Waals surface area contributed by atoms with E-state index in [1.165, 1.54) is 5.69 Å². The average Bonchev–Trinajstić information content (AvgIpc) is 3.21. The van der Waals surface area contributed by atoms with Crippen LogP contribution >= 0.6 is 0 Å². The summed E-state index contributed by atoms with van der Waals surface area (Å²) in [7, 11) is 0. The number of nitrogens with zero attached hydrogens (tertiary/aromatic N) is 3. The van der Waals surface area contributed by atoms with E-state index in [0.29, 0.717) is 24.6 Å². The van der Waals surface area contributed by atoms with E-state index >= 15 is 0 Å². The highest BCUT2D eigenvalue weighted by Crippen LogP contribution is 2.30. The molecule has 1 fully saturated rings. The highest BCUT2D eigenvalue weighted by atomic mass is 16.5. The van der Waals surface area contributed by atoms with Crippen LogP contribution in [0.15, 0.2) is 18.3 Å². The molecule has 2 aromatic rings. The quantitative estimate of drug-likeness (QED) is 0.585. The van der Waals surface area contributed by atoms with E-state index in [4.69, 9.17) is 9.72 Å². The zero-order valence-electron chi connectivity index (χ0n) is 18.5. The molecule has 1 aliphatic rings. The number of aryl methyl sites for hydroxylation is 2. The van der Waals surface area contributed by atoms with Crippen LogP contribution in [0.5, 0.6) is 0 Å². The number of carbonyl (C=O) groups excluding carboxylic acids is 1. The number of imidazole rings is 1. The van der Waals surface area contributed by atoms with Gasteiger partial charge in [-0.3, -0.25) is 14.7 Å². The van der Waals surface area contributed by atoms with Crippen LogP contribution < -0.4 is 5.32 Å². The number of rotatable bonds is 10. The van der Waals surface area contributed by atoms with Crippen molar-refractivity contribution in [2.24, 2.45) is 0 Å². The second kappa shape index (κ2) is 11.2. The Morgan fingerprint density at radius 1 is 1.27 bits per heavy atom. The smallest absolute Gasteiger partial charge is 0.253 e. The number of carbonyl (C=O) groups is 1. The second-order valence-corrected chi connectivity index (χ2v) is 8.01. The zero-order chi connectivity index (χ0) is 21.3. The van der Waals surface area contributed by atoms with Gasteiger partial charge in [-0.2, -0.15) is 0 Å². The Morgan fingerprint density at radius 3 is 2.77 bits per heavy atom. The first-order valence-electron chi connectivity index (χ1n) is 11.2. The molecule has 1 saturated heterocycles. The van der Waals surface area contributed by atoms with Crippen LogP contribution in [0.25, 0.3) is 0 Å². The molecule has 30 heavy (non-hydrogen) atoms. The molecule has 0 radical (unpaired) electrons. The Morgan fingerprint density at radius 2 is 2.07 bits per heavy atom. The molecule has 0 atom stereocenters. The van der Waals surface area contributed by atoms with Gasteiger partial charge in [0.2, 0.25) is 0 Å². The van der Waals surface area contributed by atoms with E-state index in [0.717, 1.165) is 69.1 Å². The van der Waals surface area contributed by atoms with Gasteiger partial charge in [-0.1, -0.05) is 13.8 Å². The molecule has 0 saturated carbocycles. The number of hydrogen-bond donors (Lipinski definition) is 2. The number of likely N-dealkylation sites (tertiary alicyclic amines) is 1. The molecule has 2 N–H and O–H groups in total. The van der Waals surface area contributed by atoms with Crippen LogP contribution in [-0.4, -0.2) is 58.6 Å². The average molecular weight is 414 g/mol. The van der Waals surface area contributed by atoms with E-state index in [9.17, 15) is 4.79 Å². The minimum atomic E-state index is -0.0513. The Balaban J connectivity index is 1.57. The molecule has 3 rings (SSSR count). The number of aromatic amines is 1. The van der Waals surface area contributed by atoms with Crippen molar-refractivity contribution in [2.75, 3.05) is 32.8 Å². The minimum absolute atomic E-state index is 0.0513. The summed E-state index contributed by atoms with van der Waals surface area (Å²) in [5.74, 6) is 1.30. The minimum Gasteiger partial charge on any atom is -0.380 e. The topological polar surface area (TPSA) is 83.1 Å². The van der Waals surface area contributed by atoms with E-state index in [1.807, 2.05) is 25.3 Å². The summed E-state index contributed by atoms with van der Waals surface area (Å²) in [4.78, 5) is 27.8. The van der Waals surface area contributed by atoms with Crippen molar-refractivity contribution in [2.45, 2.75) is 58.9 Å². The first-order valence-corrected chi connectivity index (χ1v) is 11.2. The van der Waals surface area contributed by atoms with Crippen LogP contribution in [0.1, 0.15) is 72.3 Å². The lowest BCUT2D eigenvalue weighted by Gasteiger charge is -2.32. The number of H-pyrrole nitrogens is 1. The Kier molecular flexibility index (Phi) is 8.39. The van der Waals surface area contributed by atoms with E-state index in [-0.39, 0.29) is 5.91 Å². The molecule has 7 heteroatoms. The molecule has 1 aliphatic heterocycles. The maximum absolute atomic E-state index is 12.8. The third-order valence-corrected chi connectivity index (χ3v) is 5.57. The van der Waals surface area contributed by atoms with Gasteiger partial charge in [0.15, 0.2) is 0 Å². The number of nitrogens with one attached hydrogen (secondary N) is 2. The molecule has 7 nitrogen and oxygen atoms in total. The van der Waals surface area contributed by atoms with Crippen LogP contribution in [0.4, 0.5) is 0 Å². The summed E-state index contributed by atoms with van der Waals surface area (Å²) in [6.07, 6.45) is 5.87. The van der Waals surface area contributed by atoms with E-state index < -0.39 is 0 Å². The van der Waals surface area contributed by atoms with Crippen molar-refractivity contribution in [3.05, 3.63) is 46.8 Å². The van der Waals surface area contributed by atoms with Gasteiger partial charge in [-0.25, -0.2) is 4.98 Å². The maximum atomic E-state index is 12.8. The Labute approximate surface area is 179 Å². The molecule has 0 aromatic carbocycles. The van der Waals surface area contributed by atoms with Crippen molar-refractivity contribution in [3.63, 3.8) is 0 Å². The molecule has 0 unspecified atom stereocenters. The molecule has 0 spiro atoms. The first kappa shape index (κ1) is 22.4. The lowest BCUT2D eigenvalue weighted by molar-refractivity contribution is 0.0912. The number of ether oxygens (including phenoxy) is 1. The van der Waals surface area contributed by atoms with Crippen molar-refractivity contribution < 1.29 is 9.53 Å². The van der Waals surface area contributed by atoms with Crippen LogP contribution in [0.3, 0.4) is 0 Å². The molecule has 164 valence electrons. The van der Waals surface area contributed by atoms with Gasteiger partial charge in [0.05, 0.1) is 17.9 Å². The Hall–Kier alpha value is -2.25. The van der Waals surface area contributed by atoms with Gasteiger partial charge in [0, 0.05) is 49.6 Å². The molecule has 1 amide bonds. The molecule has 3 heterocycles. The van der Waals surface area contributed by atoms with Crippen LogP contribution in [-0.2, 0) is 17.7 Å². The molecule has 0 bridgehead atoms. The number of aromatic nitrogens is 3. The SMILES string of the molecule is CCCOCCNC(=O)c1ccc(C)nc1C1CCN(Cc2cnc(CC)[nH]2)CC1. The Bertz CT molecular complexity index is 812. The summed E-state index contributed by atoms with van der Waals surface area (Å²) in [5, 5.41) is 2.98. The zero-order valence-corrected chi connectivity index (χ0v) is 18.5. The number of hydrogen-bond acceptors (Lipinski definition) is 5. The maximum Gasteiger partial charge on any atom is 0.253 e. The highest BCUT2D eigenvalue weighted by Gasteiger charge is 2.26. The van der Waals surface area contributed by atoms with Crippen molar-refractivity contribution in [1.82, 2.24) is 25.2 Å². The normalized spacial score (nSPS) is 15.4. The van der Waals surface area contributed by atoms with Crippen molar-refractivity contribution in [1.29, 1.82) is 0 Å². The van der Waals surface area contributed by atoms with Gasteiger partial charge in [-0.05, 0) is 51.4 Å². The fourth-order valence-electron chi connectivity index (χ4n) is 3.93. The third-order valence-electron chi connectivity index (χ3n) is 5.57. The molecular formula is C23H35N5O2. The van der Waals surface area contributed by atoms with Crippen molar-refractivity contribution in [3.8, 4) is 0 Å². The standard InChI is InChI=1S/C23H35N5O2/c1-4-13-30-14-10-24-23(29)20-7-6-17(3)26-22(20)18-8-11-28(12-9-18)16-19-15-25-21(5-2)27-19/h6-7,15,18H,4-5,8-14,16H2,1-3H3,(H,24,29)(H,25,27). The summed E-state index contributed by atoms with van der Waals surface area (Å²) >= 11 is 0. The van der Waals surface area contributed by atoms with Crippen LogP contribution in [0, 0.1) is 6.92 Å². The predicted octanol–water partition coefficient (Wildman–Crippen LogP) is 3.21. The van der Waals surface area contributed by atoms with Gasteiger partial charge in [-0.15, -0.1) is 0 Å². The molecule has 2 aromatic heterocycles. The number of amides is 1. The first-order chi connectivity index (χ1) is 14.6. The van der Waals surface area contributed by atoms with Gasteiger partial charge < -0.3 is 15.0 Å². The number of pyridine rings is 1. The van der Waals surface area contributed by atoms with Gasteiger partial charge in [0.1, 0.15) is 5.82 Å². The monoisotopic (exact) mass is 413 g/mol. The van der Waals surface area contributed by atoms with E-state index in [1.54, 1.807) is 0 Å². The van der Waals surface area contributed by atoms with Gasteiger partial charge >= 0.3 is 0 Å². The lowest BCUT2D eigenvalue weighted by atomic mass is 9.89. The largest absolute Gasteiger partial charge is 0.380 e. The van der Waals surface area contributed by atoms with Crippen molar-refractivity contribution >= 4 is 5.91 Å². The lowest BCUT2D eigenvalue weighted by Crippen LogP contribution is -2.34. The second-order valence-electron chi connectivity index (χ2n) is 8.01. The van der Waals surface area contributed by atoms with Crippen LogP contribution in [0.2, 0.25) is 0 Å². The van der Waals surface area contributed by atoms with Gasteiger partial charge in [0.25, 0.3) is 5.91 Å². The summed E-state index contributed by atoms with van der Waals surface area (Å²) in [5.41, 5.74) is 3.77. The van der Waals surface area contributed by atoms with E-state index in [2.05, 4.69) is 34.0 Å².